The number of carbonyl (C=O) groups is 1. The van der Waals surface area contributed by atoms with E-state index in [1.165, 1.54) is 18.6 Å². The highest BCUT2D eigenvalue weighted by Gasteiger charge is 2.08. The molecule has 4 nitrogen and oxygen atoms in total. The van der Waals surface area contributed by atoms with Crippen molar-refractivity contribution in [2.75, 3.05) is 0 Å². The van der Waals surface area contributed by atoms with Crippen LogP contribution in [0.25, 0.3) is 5.57 Å². The first-order valence-electron chi connectivity index (χ1n) is 4.33. The van der Waals surface area contributed by atoms with Gasteiger partial charge in [0.2, 0.25) is 5.91 Å². The minimum atomic E-state index is -0.507. The van der Waals surface area contributed by atoms with E-state index in [4.69, 9.17) is 14.6 Å². The molecule has 0 aromatic carbocycles. The van der Waals surface area contributed by atoms with Crippen LogP contribution >= 0.6 is 0 Å². The molecule has 0 saturated carbocycles. The van der Waals surface area contributed by atoms with Crippen LogP contribution in [0, 0.1) is 0 Å². The highest BCUT2D eigenvalue weighted by atomic mass is 16.3. The molecule has 0 aliphatic rings. The molecule has 2 aromatic heterocycles. The van der Waals surface area contributed by atoms with Crippen molar-refractivity contribution in [3.05, 3.63) is 54.4 Å². The van der Waals surface area contributed by atoms with Crippen molar-refractivity contribution < 1.29 is 13.6 Å². The molecule has 0 radical (unpaired) electrons. The highest BCUT2D eigenvalue weighted by molar-refractivity contribution is 5.97. The largest absolute Gasteiger partial charge is 0.472 e. The van der Waals surface area contributed by atoms with Gasteiger partial charge in [0.15, 0.2) is 0 Å². The Bertz CT molecular complexity index is 430. The van der Waals surface area contributed by atoms with Gasteiger partial charge in [-0.25, -0.2) is 0 Å². The maximum atomic E-state index is 10.9. The number of carbonyl (C=O) groups excluding carboxylic acids is 1. The van der Waals surface area contributed by atoms with Crippen molar-refractivity contribution in [3.8, 4) is 0 Å². The monoisotopic (exact) mass is 203 g/mol. The quantitative estimate of drug-likeness (QED) is 0.773. The highest BCUT2D eigenvalue weighted by Crippen LogP contribution is 2.23. The molecule has 0 spiro atoms. The lowest BCUT2D eigenvalue weighted by molar-refractivity contribution is -0.113. The second kappa shape index (κ2) is 3.88. The summed E-state index contributed by atoms with van der Waals surface area (Å²) < 4.78 is 9.90. The fourth-order valence-electron chi connectivity index (χ4n) is 1.31. The Labute approximate surface area is 86.0 Å². The topological polar surface area (TPSA) is 69.4 Å². The molecule has 1 amide bonds. The van der Waals surface area contributed by atoms with E-state index in [1.54, 1.807) is 24.7 Å². The molecule has 2 N–H and O–H groups in total. The second-order valence-electron chi connectivity index (χ2n) is 2.98. The summed E-state index contributed by atoms with van der Waals surface area (Å²) in [6, 6.07) is 3.50. The summed E-state index contributed by atoms with van der Waals surface area (Å²) in [6.07, 6.45) is 7.49. The van der Waals surface area contributed by atoms with Crippen LogP contribution in [-0.4, -0.2) is 5.91 Å². The molecule has 15 heavy (non-hydrogen) atoms. The minimum absolute atomic E-state index is 0.507. The summed E-state index contributed by atoms with van der Waals surface area (Å²) in [5, 5.41) is 0. The van der Waals surface area contributed by atoms with Gasteiger partial charge >= 0.3 is 0 Å². The Morgan fingerprint density at radius 2 is 1.67 bits per heavy atom. The van der Waals surface area contributed by atoms with E-state index in [1.807, 2.05) is 0 Å². The smallest absolute Gasteiger partial charge is 0.242 e. The molecule has 2 heterocycles. The zero-order valence-corrected chi connectivity index (χ0v) is 7.84. The molecule has 0 bridgehead atoms. The molecular weight excluding hydrogens is 194 g/mol. The van der Waals surface area contributed by atoms with Crippen LogP contribution in [0.2, 0.25) is 0 Å². The predicted molar refractivity (Wildman–Crippen MR) is 53.7 cm³/mol. The Morgan fingerprint density at radius 3 is 2.00 bits per heavy atom. The second-order valence-corrected chi connectivity index (χ2v) is 2.98. The molecule has 2 rings (SSSR count). The van der Waals surface area contributed by atoms with E-state index in [0.717, 1.165) is 11.1 Å². The molecule has 0 atom stereocenters. The van der Waals surface area contributed by atoms with E-state index in [2.05, 4.69) is 0 Å². The third kappa shape index (κ3) is 1.99. The first-order valence-corrected chi connectivity index (χ1v) is 4.33. The van der Waals surface area contributed by atoms with Gasteiger partial charge in [0.25, 0.3) is 0 Å². The maximum absolute atomic E-state index is 10.9. The Balaban J connectivity index is 2.47. The molecular formula is C11H9NO3. The number of rotatable bonds is 3. The van der Waals surface area contributed by atoms with Gasteiger partial charge in [-0.1, -0.05) is 0 Å². The van der Waals surface area contributed by atoms with Crippen molar-refractivity contribution in [1.29, 1.82) is 0 Å². The van der Waals surface area contributed by atoms with Crippen molar-refractivity contribution in [3.63, 3.8) is 0 Å². The zero-order valence-electron chi connectivity index (χ0n) is 7.84. The van der Waals surface area contributed by atoms with Gasteiger partial charge in [-0.2, -0.15) is 0 Å². The van der Waals surface area contributed by atoms with Gasteiger partial charge < -0.3 is 14.6 Å². The Hall–Kier alpha value is -2.23. The summed E-state index contributed by atoms with van der Waals surface area (Å²) in [5.74, 6) is -0.507. The summed E-state index contributed by atoms with van der Waals surface area (Å²) in [7, 11) is 0. The van der Waals surface area contributed by atoms with Crippen molar-refractivity contribution in [2.45, 2.75) is 0 Å². The molecule has 2 aromatic rings. The molecule has 0 saturated heterocycles. The zero-order chi connectivity index (χ0) is 10.7. The fourth-order valence-corrected chi connectivity index (χ4v) is 1.31. The number of nitrogens with two attached hydrogens (primary N) is 1. The Kier molecular flexibility index (Phi) is 2.41. The van der Waals surface area contributed by atoms with Crippen LogP contribution < -0.4 is 5.73 Å². The first-order chi connectivity index (χ1) is 7.27. The van der Waals surface area contributed by atoms with Gasteiger partial charge in [0.1, 0.15) is 0 Å². The third-order valence-electron chi connectivity index (χ3n) is 1.95. The number of furan rings is 2. The molecule has 0 unspecified atom stereocenters. The first kappa shape index (κ1) is 9.33. The fraction of sp³-hybridized carbons (Fsp3) is 0. The summed E-state index contributed by atoms with van der Waals surface area (Å²) in [4.78, 5) is 10.9. The van der Waals surface area contributed by atoms with Crippen molar-refractivity contribution >= 4 is 11.5 Å². The summed E-state index contributed by atoms with van der Waals surface area (Å²) >= 11 is 0. The summed E-state index contributed by atoms with van der Waals surface area (Å²) in [5.41, 5.74) is 7.39. The average molecular weight is 203 g/mol. The standard InChI is InChI=1S/C11H9NO3/c12-11(13)5-10(8-1-3-14-6-8)9-2-4-15-7-9/h1-7H,(H2,12,13). The van der Waals surface area contributed by atoms with Crippen LogP contribution in [0.4, 0.5) is 0 Å². The molecule has 76 valence electrons. The van der Waals surface area contributed by atoms with Crippen molar-refractivity contribution in [1.82, 2.24) is 0 Å². The van der Waals surface area contributed by atoms with E-state index >= 15 is 0 Å². The van der Waals surface area contributed by atoms with Gasteiger partial charge in [-0.15, -0.1) is 0 Å². The predicted octanol–water partition coefficient (Wildman–Crippen LogP) is 1.79. The Morgan fingerprint density at radius 1 is 1.13 bits per heavy atom. The van der Waals surface area contributed by atoms with Gasteiger partial charge in [0, 0.05) is 22.8 Å². The minimum Gasteiger partial charge on any atom is -0.472 e. The average Bonchev–Trinajstić information content (AvgIpc) is 2.87. The lowest BCUT2D eigenvalue weighted by atomic mass is 10.0. The maximum Gasteiger partial charge on any atom is 0.242 e. The third-order valence-corrected chi connectivity index (χ3v) is 1.95. The van der Waals surface area contributed by atoms with Gasteiger partial charge in [-0.05, 0) is 12.1 Å². The number of primary amides is 1. The van der Waals surface area contributed by atoms with Crippen molar-refractivity contribution in [2.24, 2.45) is 5.73 Å². The van der Waals surface area contributed by atoms with Crippen LogP contribution in [0.1, 0.15) is 11.1 Å². The van der Waals surface area contributed by atoms with Crippen LogP contribution in [0.15, 0.2) is 52.1 Å². The molecule has 0 fully saturated rings. The van der Waals surface area contributed by atoms with E-state index < -0.39 is 5.91 Å². The van der Waals surface area contributed by atoms with Crippen LogP contribution in [-0.2, 0) is 4.79 Å². The number of hydrogen-bond donors (Lipinski definition) is 1. The number of hydrogen-bond acceptors (Lipinski definition) is 3. The summed E-state index contributed by atoms with van der Waals surface area (Å²) in [6.45, 7) is 0. The molecule has 0 aliphatic carbocycles. The van der Waals surface area contributed by atoms with E-state index in [-0.39, 0.29) is 0 Å². The lowest BCUT2D eigenvalue weighted by Gasteiger charge is -1.99. The van der Waals surface area contributed by atoms with Gasteiger partial charge in [-0.3, -0.25) is 4.79 Å². The lowest BCUT2D eigenvalue weighted by Crippen LogP contribution is -2.07. The molecule has 0 aliphatic heterocycles. The number of amides is 1. The van der Waals surface area contributed by atoms with Crippen LogP contribution in [0.5, 0.6) is 0 Å². The van der Waals surface area contributed by atoms with Crippen LogP contribution in [0.3, 0.4) is 0 Å². The normalized spacial score (nSPS) is 9.87. The SMILES string of the molecule is NC(=O)C=C(c1ccoc1)c1ccoc1. The van der Waals surface area contributed by atoms with Gasteiger partial charge in [0.05, 0.1) is 25.1 Å². The molecule has 4 heteroatoms. The van der Waals surface area contributed by atoms with E-state index in [0.29, 0.717) is 5.57 Å². The van der Waals surface area contributed by atoms with E-state index in [9.17, 15) is 4.79 Å².